The molecule has 0 aliphatic carbocycles. The van der Waals surface area contributed by atoms with E-state index < -0.39 is 17.8 Å². The second kappa shape index (κ2) is 5.02. The zero-order chi connectivity index (χ0) is 16.0. The van der Waals surface area contributed by atoms with Gasteiger partial charge in [-0.15, -0.1) is 0 Å². The van der Waals surface area contributed by atoms with Crippen LogP contribution in [0.4, 0.5) is 18.9 Å². The Balaban J connectivity index is 2.27. The Labute approximate surface area is 126 Å². The summed E-state index contributed by atoms with van der Waals surface area (Å²) >= 11 is 0. The quantitative estimate of drug-likeness (QED) is 0.906. The van der Waals surface area contributed by atoms with Crippen molar-refractivity contribution in [1.29, 1.82) is 0 Å². The summed E-state index contributed by atoms with van der Waals surface area (Å²) in [5.41, 5.74) is -2.13. The maximum Gasteiger partial charge on any atom is 0.423 e. The molecular formula is C17H16F3NO. The third-order valence-corrected chi connectivity index (χ3v) is 4.22. The molecule has 1 aliphatic heterocycles. The molecule has 1 heterocycles. The van der Waals surface area contributed by atoms with Crippen molar-refractivity contribution in [3.8, 4) is 0 Å². The van der Waals surface area contributed by atoms with Crippen LogP contribution in [-0.2, 0) is 5.60 Å². The molecule has 0 amide bonds. The minimum atomic E-state index is -4.77. The maximum atomic E-state index is 13.8. The number of halogens is 3. The highest BCUT2D eigenvalue weighted by Crippen LogP contribution is 2.58. The van der Waals surface area contributed by atoms with E-state index in [2.05, 4.69) is 0 Å². The van der Waals surface area contributed by atoms with Gasteiger partial charge in [-0.05, 0) is 18.6 Å². The van der Waals surface area contributed by atoms with Crippen LogP contribution < -0.4 is 4.90 Å². The van der Waals surface area contributed by atoms with E-state index in [9.17, 15) is 18.3 Å². The largest absolute Gasteiger partial charge is 0.423 e. The predicted octanol–water partition coefficient (Wildman–Crippen LogP) is 4.02. The number of para-hydroxylation sites is 1. The molecule has 0 unspecified atom stereocenters. The summed E-state index contributed by atoms with van der Waals surface area (Å²) in [6.07, 6.45) is -4.77. The molecule has 1 aliphatic rings. The molecule has 2 aromatic carbocycles. The number of nitrogens with zero attached hydrogens (tertiary/aromatic N) is 1. The van der Waals surface area contributed by atoms with Gasteiger partial charge in [0, 0.05) is 17.8 Å². The van der Waals surface area contributed by atoms with Gasteiger partial charge in [0.15, 0.2) is 0 Å². The first kappa shape index (κ1) is 14.9. The van der Waals surface area contributed by atoms with E-state index in [1.165, 1.54) is 12.1 Å². The summed E-state index contributed by atoms with van der Waals surface area (Å²) in [5.74, 6) is 0. The first-order valence-corrected chi connectivity index (χ1v) is 7.11. The van der Waals surface area contributed by atoms with Gasteiger partial charge in [0.05, 0.1) is 6.04 Å². The van der Waals surface area contributed by atoms with Gasteiger partial charge < -0.3 is 10.0 Å². The molecule has 2 nitrogen and oxygen atoms in total. The third-order valence-electron chi connectivity index (χ3n) is 4.22. The normalized spacial score (nSPS) is 24.4. The van der Waals surface area contributed by atoms with Crippen LogP contribution in [0, 0.1) is 0 Å². The second-order valence-electron chi connectivity index (χ2n) is 5.38. The molecule has 0 bridgehead atoms. The van der Waals surface area contributed by atoms with Crippen molar-refractivity contribution in [1.82, 2.24) is 0 Å². The van der Waals surface area contributed by atoms with E-state index in [-0.39, 0.29) is 5.56 Å². The van der Waals surface area contributed by atoms with Crippen molar-refractivity contribution in [3.63, 3.8) is 0 Å². The minimum Gasteiger partial charge on any atom is -0.374 e. The highest BCUT2D eigenvalue weighted by Gasteiger charge is 2.65. The standard InChI is InChI=1S/C17H16F3NO/c1-2-21-14-11-7-6-10-13(14)16(22,17(18,19)20)15(21)12-8-4-3-5-9-12/h3-11,15,22H,2H2,1H3/t15-,16-/m0/s1. The molecule has 22 heavy (non-hydrogen) atoms. The zero-order valence-electron chi connectivity index (χ0n) is 12.0. The van der Waals surface area contributed by atoms with Crippen molar-refractivity contribution < 1.29 is 18.3 Å². The van der Waals surface area contributed by atoms with Gasteiger partial charge in [0.1, 0.15) is 0 Å². The van der Waals surface area contributed by atoms with Crippen LogP contribution in [0.15, 0.2) is 54.6 Å². The molecular weight excluding hydrogens is 291 g/mol. The average Bonchev–Trinajstić information content (AvgIpc) is 2.78. The summed E-state index contributed by atoms with van der Waals surface area (Å²) in [6.45, 7) is 2.16. The Bertz CT molecular complexity index is 671. The SMILES string of the molecule is CCN1c2ccccc2[C@@](O)(C(F)(F)F)[C@@H]1c1ccccc1. The van der Waals surface area contributed by atoms with Crippen LogP contribution in [-0.4, -0.2) is 17.8 Å². The summed E-state index contributed by atoms with van der Waals surface area (Å²) in [6, 6.07) is 13.4. The number of hydrogen-bond acceptors (Lipinski definition) is 2. The molecule has 2 atom stereocenters. The molecule has 3 rings (SSSR count). The zero-order valence-corrected chi connectivity index (χ0v) is 12.0. The Morgan fingerprint density at radius 1 is 1.05 bits per heavy atom. The lowest BCUT2D eigenvalue weighted by atomic mass is 9.85. The highest BCUT2D eigenvalue weighted by molar-refractivity contribution is 5.65. The third kappa shape index (κ3) is 1.92. The van der Waals surface area contributed by atoms with E-state index >= 15 is 0 Å². The highest BCUT2D eigenvalue weighted by atomic mass is 19.4. The Kier molecular flexibility index (Phi) is 3.40. The smallest absolute Gasteiger partial charge is 0.374 e. The van der Waals surface area contributed by atoms with Crippen LogP contribution in [0.1, 0.15) is 24.1 Å². The molecule has 0 spiro atoms. The Morgan fingerprint density at radius 3 is 2.23 bits per heavy atom. The van der Waals surface area contributed by atoms with Gasteiger partial charge in [-0.3, -0.25) is 0 Å². The van der Waals surface area contributed by atoms with E-state index in [4.69, 9.17) is 0 Å². The number of likely N-dealkylation sites (N-methyl/N-ethyl adjacent to an activating group) is 1. The molecule has 0 saturated carbocycles. The summed E-state index contributed by atoms with van der Waals surface area (Å²) in [7, 11) is 0. The van der Waals surface area contributed by atoms with Gasteiger partial charge in [-0.1, -0.05) is 48.5 Å². The number of hydrogen-bond donors (Lipinski definition) is 1. The number of alkyl halides is 3. The van der Waals surface area contributed by atoms with Crippen LogP contribution in [0.3, 0.4) is 0 Å². The van der Waals surface area contributed by atoms with Crippen molar-refractivity contribution in [3.05, 3.63) is 65.7 Å². The number of benzene rings is 2. The Hall–Kier alpha value is -2.01. The van der Waals surface area contributed by atoms with Gasteiger partial charge in [0.25, 0.3) is 0 Å². The van der Waals surface area contributed by atoms with Gasteiger partial charge in [0.2, 0.25) is 5.60 Å². The minimum absolute atomic E-state index is 0.0850. The Morgan fingerprint density at radius 2 is 1.64 bits per heavy atom. The lowest BCUT2D eigenvalue weighted by Crippen LogP contribution is -2.48. The van der Waals surface area contributed by atoms with Crippen molar-refractivity contribution in [2.45, 2.75) is 24.7 Å². The first-order chi connectivity index (χ1) is 10.4. The van der Waals surface area contributed by atoms with Crippen LogP contribution in [0.2, 0.25) is 0 Å². The first-order valence-electron chi connectivity index (χ1n) is 7.11. The monoisotopic (exact) mass is 307 g/mol. The average molecular weight is 307 g/mol. The van der Waals surface area contributed by atoms with Crippen molar-refractivity contribution in [2.75, 3.05) is 11.4 Å². The molecule has 5 heteroatoms. The second-order valence-corrected chi connectivity index (χ2v) is 5.38. The van der Waals surface area contributed by atoms with Crippen LogP contribution >= 0.6 is 0 Å². The fourth-order valence-electron chi connectivity index (χ4n) is 3.28. The lowest BCUT2D eigenvalue weighted by Gasteiger charge is -2.36. The number of aliphatic hydroxyl groups is 1. The number of fused-ring (bicyclic) bond motifs is 1. The molecule has 0 fully saturated rings. The summed E-state index contributed by atoms with van der Waals surface area (Å²) < 4.78 is 41.4. The molecule has 116 valence electrons. The molecule has 1 N–H and O–H groups in total. The van der Waals surface area contributed by atoms with E-state index in [0.29, 0.717) is 17.8 Å². The molecule has 2 aromatic rings. The van der Waals surface area contributed by atoms with Crippen LogP contribution in [0.25, 0.3) is 0 Å². The summed E-state index contributed by atoms with van der Waals surface area (Å²) in [4.78, 5) is 1.61. The van der Waals surface area contributed by atoms with Gasteiger partial charge in [-0.25, -0.2) is 0 Å². The number of anilines is 1. The van der Waals surface area contributed by atoms with Crippen molar-refractivity contribution in [2.24, 2.45) is 0 Å². The predicted molar refractivity (Wildman–Crippen MR) is 78.6 cm³/mol. The fourth-order valence-corrected chi connectivity index (χ4v) is 3.28. The van der Waals surface area contributed by atoms with Crippen molar-refractivity contribution >= 4 is 5.69 Å². The van der Waals surface area contributed by atoms with Gasteiger partial charge in [-0.2, -0.15) is 13.2 Å². The summed E-state index contributed by atoms with van der Waals surface area (Å²) in [5, 5.41) is 10.7. The molecule has 0 saturated heterocycles. The fraction of sp³-hybridized carbons (Fsp3) is 0.294. The lowest BCUT2D eigenvalue weighted by molar-refractivity contribution is -0.272. The molecule has 0 aromatic heterocycles. The van der Waals surface area contributed by atoms with E-state index in [1.807, 2.05) is 0 Å². The van der Waals surface area contributed by atoms with Crippen LogP contribution in [0.5, 0.6) is 0 Å². The molecule has 0 radical (unpaired) electrons. The number of rotatable bonds is 2. The topological polar surface area (TPSA) is 23.5 Å². The van der Waals surface area contributed by atoms with E-state index in [1.54, 1.807) is 54.3 Å². The maximum absolute atomic E-state index is 13.8. The van der Waals surface area contributed by atoms with E-state index in [0.717, 1.165) is 0 Å². The van der Waals surface area contributed by atoms with Gasteiger partial charge >= 0.3 is 6.18 Å².